The Kier molecular flexibility index (Phi) is 8.36. The summed E-state index contributed by atoms with van der Waals surface area (Å²) in [6.45, 7) is 0. The van der Waals surface area contributed by atoms with E-state index in [-0.39, 0.29) is 22.8 Å². The van der Waals surface area contributed by atoms with Crippen molar-refractivity contribution >= 4 is 28.7 Å². The van der Waals surface area contributed by atoms with Gasteiger partial charge >= 0.3 is 7.12 Å². The van der Waals surface area contributed by atoms with E-state index in [9.17, 15) is 28.4 Å². The lowest BCUT2D eigenvalue weighted by Crippen LogP contribution is -2.55. The molecule has 2 aromatic rings. The molecule has 1 fully saturated rings. The molecule has 0 saturated heterocycles. The van der Waals surface area contributed by atoms with Gasteiger partial charge in [-0.15, -0.1) is 0 Å². The predicted octanol–water partition coefficient (Wildman–Crippen LogP) is 1.01. The van der Waals surface area contributed by atoms with Gasteiger partial charge in [-0.1, -0.05) is 49.6 Å². The van der Waals surface area contributed by atoms with Crippen LogP contribution in [0.5, 0.6) is 5.75 Å². The number of hydrogen-bond acceptors (Lipinski definition) is 7. The zero-order valence-corrected chi connectivity index (χ0v) is 19.3. The van der Waals surface area contributed by atoms with Crippen molar-refractivity contribution in [1.82, 2.24) is 10.0 Å². The van der Waals surface area contributed by atoms with Crippen LogP contribution >= 0.6 is 0 Å². The van der Waals surface area contributed by atoms with Crippen molar-refractivity contribution in [3.63, 3.8) is 0 Å². The first-order valence-electron chi connectivity index (χ1n) is 10.9. The SMILES string of the molecule is CNc1cc(S(=O)(=O)N[C@@H](Cc2ccccc2)C(=O)N[C@@H](CC2CCC2)B(O)O)ccc1O. The topological polar surface area (TPSA) is 148 Å². The van der Waals surface area contributed by atoms with E-state index in [1.807, 2.05) is 6.07 Å². The lowest BCUT2D eigenvalue weighted by molar-refractivity contribution is -0.123. The highest BCUT2D eigenvalue weighted by molar-refractivity contribution is 7.89. The minimum absolute atomic E-state index is 0.0700. The van der Waals surface area contributed by atoms with Gasteiger partial charge in [-0.3, -0.25) is 4.79 Å². The molecule has 9 nitrogen and oxygen atoms in total. The quantitative estimate of drug-likeness (QED) is 0.210. The first-order valence-corrected chi connectivity index (χ1v) is 12.4. The van der Waals surface area contributed by atoms with E-state index >= 15 is 0 Å². The number of nitrogens with one attached hydrogen (secondary N) is 3. The van der Waals surface area contributed by atoms with E-state index in [1.165, 1.54) is 18.2 Å². The van der Waals surface area contributed by atoms with Gasteiger partial charge in [0.05, 0.1) is 16.5 Å². The summed E-state index contributed by atoms with van der Waals surface area (Å²) in [7, 11) is -4.34. The Labute approximate surface area is 194 Å². The molecule has 1 saturated carbocycles. The maximum Gasteiger partial charge on any atom is 0.475 e. The monoisotopic (exact) mass is 475 g/mol. The van der Waals surface area contributed by atoms with Crippen LogP contribution < -0.4 is 15.4 Å². The van der Waals surface area contributed by atoms with Gasteiger partial charge in [-0.25, -0.2) is 8.42 Å². The summed E-state index contributed by atoms with van der Waals surface area (Å²) < 4.78 is 28.6. The first-order chi connectivity index (χ1) is 15.7. The highest BCUT2D eigenvalue weighted by Crippen LogP contribution is 2.30. The van der Waals surface area contributed by atoms with Gasteiger partial charge in [0.25, 0.3) is 0 Å². The van der Waals surface area contributed by atoms with Crippen molar-refractivity contribution < 1.29 is 28.4 Å². The van der Waals surface area contributed by atoms with E-state index in [0.717, 1.165) is 24.8 Å². The molecule has 1 aliphatic rings. The summed E-state index contributed by atoms with van der Waals surface area (Å²) >= 11 is 0. The van der Waals surface area contributed by atoms with Crippen LogP contribution in [0, 0.1) is 5.92 Å². The minimum Gasteiger partial charge on any atom is -0.506 e. The maximum absolute atomic E-state index is 13.1. The third kappa shape index (κ3) is 6.70. The highest BCUT2D eigenvalue weighted by Gasteiger charge is 2.34. The standard InChI is InChI=1S/C22H30BN3O6S/c1-24-18-14-17(10-11-20(18)27)33(31,32)26-19(12-15-6-3-2-4-7-15)22(28)25-21(23(29)30)13-16-8-5-9-16/h2-4,6-7,10-11,14,16,19,21,24,26-27,29-30H,5,8-9,12-13H2,1H3,(H,25,28)/t19-,21-/m0/s1. The predicted molar refractivity (Wildman–Crippen MR) is 126 cm³/mol. The number of sulfonamides is 1. The van der Waals surface area contributed by atoms with Crippen LogP contribution in [-0.2, 0) is 21.2 Å². The Morgan fingerprint density at radius 3 is 2.42 bits per heavy atom. The van der Waals surface area contributed by atoms with Gasteiger partial charge < -0.3 is 25.8 Å². The van der Waals surface area contributed by atoms with Crippen molar-refractivity contribution in [2.45, 2.75) is 49.0 Å². The number of aromatic hydroxyl groups is 1. The molecule has 6 N–H and O–H groups in total. The molecule has 33 heavy (non-hydrogen) atoms. The molecule has 3 rings (SSSR count). The number of benzene rings is 2. The third-order valence-corrected chi connectivity index (χ3v) is 7.41. The average Bonchev–Trinajstić information content (AvgIpc) is 2.75. The summed E-state index contributed by atoms with van der Waals surface area (Å²) in [4.78, 5) is 13.0. The van der Waals surface area contributed by atoms with E-state index in [2.05, 4.69) is 15.4 Å². The lowest BCUT2D eigenvalue weighted by Gasteiger charge is -2.30. The summed E-state index contributed by atoms with van der Waals surface area (Å²) in [5.74, 6) is -1.34. The van der Waals surface area contributed by atoms with Gasteiger partial charge in [0, 0.05) is 7.05 Å². The molecular weight excluding hydrogens is 445 g/mol. The molecule has 0 aliphatic heterocycles. The molecule has 11 heteroatoms. The number of rotatable bonds is 11. The fourth-order valence-corrected chi connectivity index (χ4v) is 5.02. The number of anilines is 1. The lowest BCUT2D eigenvalue weighted by atomic mass is 9.69. The molecule has 0 heterocycles. The van der Waals surface area contributed by atoms with Gasteiger partial charge in [0.1, 0.15) is 11.8 Å². The number of carbonyl (C=O) groups excluding carboxylic acids is 1. The van der Waals surface area contributed by atoms with Crippen molar-refractivity contribution in [1.29, 1.82) is 0 Å². The number of phenolic OH excluding ortho intramolecular Hbond substituents is 1. The van der Waals surface area contributed by atoms with Crippen LogP contribution in [0.2, 0.25) is 0 Å². The van der Waals surface area contributed by atoms with Crippen LogP contribution in [0.1, 0.15) is 31.2 Å². The summed E-state index contributed by atoms with van der Waals surface area (Å²) in [5, 5.41) is 34.7. The van der Waals surface area contributed by atoms with Gasteiger partial charge in [-0.05, 0) is 42.5 Å². The first kappa shape index (κ1) is 25.0. The van der Waals surface area contributed by atoms with Gasteiger partial charge in [-0.2, -0.15) is 4.72 Å². The smallest absolute Gasteiger partial charge is 0.475 e. The van der Waals surface area contributed by atoms with Crippen molar-refractivity contribution in [3.05, 3.63) is 54.1 Å². The second kappa shape index (κ2) is 11.0. The second-order valence-electron chi connectivity index (χ2n) is 8.35. The highest BCUT2D eigenvalue weighted by atomic mass is 32.2. The fraction of sp³-hybridized carbons (Fsp3) is 0.409. The molecule has 0 aromatic heterocycles. The molecule has 1 aliphatic carbocycles. The normalized spacial score (nSPS) is 15.8. The van der Waals surface area contributed by atoms with Gasteiger partial charge in [0.2, 0.25) is 15.9 Å². The number of amides is 1. The summed E-state index contributed by atoms with van der Waals surface area (Å²) in [6.07, 6.45) is 3.49. The number of hydrogen-bond donors (Lipinski definition) is 6. The largest absolute Gasteiger partial charge is 0.506 e. The van der Waals surface area contributed by atoms with Crippen molar-refractivity contribution in [2.75, 3.05) is 12.4 Å². The Morgan fingerprint density at radius 1 is 1.15 bits per heavy atom. The molecule has 0 spiro atoms. The van der Waals surface area contributed by atoms with Crippen LogP contribution in [0.15, 0.2) is 53.4 Å². The van der Waals surface area contributed by atoms with E-state index in [4.69, 9.17) is 0 Å². The molecule has 178 valence electrons. The fourth-order valence-electron chi connectivity index (χ4n) is 3.80. The Balaban J connectivity index is 1.83. The Hall–Kier alpha value is -2.60. The molecule has 0 unspecified atom stereocenters. The van der Waals surface area contributed by atoms with Crippen molar-refractivity contribution in [2.24, 2.45) is 5.92 Å². The number of carbonyl (C=O) groups is 1. The Morgan fingerprint density at radius 2 is 1.85 bits per heavy atom. The summed E-state index contributed by atoms with van der Waals surface area (Å²) in [6, 6.07) is 11.5. The zero-order valence-electron chi connectivity index (χ0n) is 18.4. The zero-order chi connectivity index (χ0) is 24.0. The van der Waals surface area contributed by atoms with E-state index in [0.29, 0.717) is 12.3 Å². The average molecular weight is 475 g/mol. The second-order valence-corrected chi connectivity index (χ2v) is 10.1. The van der Waals surface area contributed by atoms with Gasteiger partial charge in [0.15, 0.2) is 0 Å². The minimum atomic E-state index is -4.13. The molecule has 2 atom stereocenters. The third-order valence-electron chi connectivity index (χ3n) is 5.94. The number of phenols is 1. The molecule has 1 amide bonds. The van der Waals surface area contributed by atoms with Crippen LogP contribution in [0.4, 0.5) is 5.69 Å². The molecule has 2 aromatic carbocycles. The Bertz CT molecular complexity index is 1050. The van der Waals surface area contributed by atoms with Crippen molar-refractivity contribution in [3.8, 4) is 5.75 Å². The molecular formula is C22H30BN3O6S. The van der Waals surface area contributed by atoms with E-state index in [1.54, 1.807) is 31.3 Å². The van der Waals surface area contributed by atoms with Crippen LogP contribution in [0.3, 0.4) is 0 Å². The van der Waals surface area contributed by atoms with Crippen LogP contribution in [-0.4, -0.2) is 55.6 Å². The van der Waals surface area contributed by atoms with E-state index < -0.39 is 35.0 Å². The maximum atomic E-state index is 13.1. The molecule has 0 bridgehead atoms. The molecule has 0 radical (unpaired) electrons. The van der Waals surface area contributed by atoms with Crippen LogP contribution in [0.25, 0.3) is 0 Å². The summed E-state index contributed by atoms with van der Waals surface area (Å²) in [5.41, 5.74) is 0.966.